The Hall–Kier alpha value is -1.16. The number of hydrogen-bond donors (Lipinski definition) is 1. The van der Waals surface area contributed by atoms with Gasteiger partial charge in [-0.1, -0.05) is 12.4 Å². The Morgan fingerprint density at radius 3 is 3.21 bits per heavy atom. The van der Waals surface area contributed by atoms with Gasteiger partial charge >= 0.3 is 0 Å². The maximum absolute atomic E-state index is 5.72. The van der Waals surface area contributed by atoms with Crippen LogP contribution in [-0.4, -0.2) is 20.6 Å². The van der Waals surface area contributed by atoms with Crippen LogP contribution in [-0.2, 0) is 0 Å². The van der Waals surface area contributed by atoms with Crippen molar-refractivity contribution in [2.45, 2.75) is 12.2 Å². The van der Waals surface area contributed by atoms with E-state index in [1.807, 2.05) is 6.07 Å². The Kier molecular flexibility index (Phi) is 1.71. The molecule has 0 saturated carbocycles. The van der Waals surface area contributed by atoms with Crippen molar-refractivity contribution in [1.82, 2.24) is 0 Å². The Balaban J connectivity index is 2.12. The number of rotatable bonds is 1. The maximum Gasteiger partial charge on any atom is 0.231 e. The minimum absolute atomic E-state index is 0.360. The van der Waals surface area contributed by atoms with Gasteiger partial charge in [0.1, 0.15) is 0 Å². The van der Waals surface area contributed by atoms with Crippen LogP contribution in [0.1, 0.15) is 11.5 Å². The predicted molar refractivity (Wildman–Crippen MR) is 56.0 cm³/mol. The van der Waals surface area contributed by atoms with Gasteiger partial charge in [-0.2, -0.15) is 0 Å². The van der Waals surface area contributed by atoms with E-state index in [9.17, 15) is 0 Å². The summed E-state index contributed by atoms with van der Waals surface area (Å²) in [7, 11) is 1.07. The molecule has 2 aliphatic heterocycles. The molecule has 1 atom stereocenters. The van der Waals surface area contributed by atoms with Crippen molar-refractivity contribution < 1.29 is 9.47 Å². The molecule has 4 heteroatoms. The summed E-state index contributed by atoms with van der Waals surface area (Å²) in [5.41, 5.74) is 8.40. The molecule has 1 unspecified atom stereocenters. The monoisotopic (exact) mass is 189 g/mol. The third-order valence-corrected chi connectivity index (χ3v) is 3.15. The van der Waals surface area contributed by atoms with Gasteiger partial charge in [0.25, 0.3) is 0 Å². The van der Waals surface area contributed by atoms with Crippen molar-refractivity contribution in [3.05, 3.63) is 17.7 Å². The number of nitrogens with two attached hydrogens (primary N) is 1. The second kappa shape index (κ2) is 2.92. The number of benzene rings is 1. The normalized spacial score (nSPS) is 21.9. The zero-order valence-electron chi connectivity index (χ0n) is 7.95. The van der Waals surface area contributed by atoms with E-state index in [0.717, 1.165) is 31.6 Å². The van der Waals surface area contributed by atoms with E-state index in [1.165, 1.54) is 11.0 Å². The summed E-state index contributed by atoms with van der Waals surface area (Å²) < 4.78 is 10.8. The molecule has 72 valence electrons. The van der Waals surface area contributed by atoms with E-state index in [1.54, 1.807) is 0 Å². The fraction of sp³-hybridized carbons (Fsp3) is 0.400. The molecular weight excluding hydrogens is 177 g/mol. The molecule has 3 nitrogen and oxygen atoms in total. The number of hydrogen-bond acceptors (Lipinski definition) is 3. The van der Waals surface area contributed by atoms with Crippen LogP contribution in [0.5, 0.6) is 11.5 Å². The molecule has 2 N–H and O–H groups in total. The fourth-order valence-corrected chi connectivity index (χ4v) is 2.40. The van der Waals surface area contributed by atoms with Crippen LogP contribution < -0.4 is 20.7 Å². The molecule has 3 rings (SSSR count). The van der Waals surface area contributed by atoms with Crippen LogP contribution in [0.15, 0.2) is 12.1 Å². The van der Waals surface area contributed by atoms with Gasteiger partial charge in [0.05, 0.1) is 0 Å². The molecule has 0 saturated heterocycles. The van der Waals surface area contributed by atoms with E-state index in [4.69, 9.17) is 15.2 Å². The third kappa shape index (κ3) is 0.974. The first-order chi connectivity index (χ1) is 6.90. The van der Waals surface area contributed by atoms with Crippen LogP contribution in [0, 0.1) is 0 Å². The topological polar surface area (TPSA) is 44.5 Å². The molecule has 0 bridgehead atoms. The zero-order valence-corrected chi connectivity index (χ0v) is 7.95. The van der Waals surface area contributed by atoms with Crippen LogP contribution in [0.2, 0.25) is 6.32 Å². The SMILES string of the molecule is NCC1CBc2c1ccc1c2OCO1. The van der Waals surface area contributed by atoms with Gasteiger partial charge in [-0.05, 0) is 29.6 Å². The zero-order chi connectivity index (χ0) is 9.54. The molecule has 14 heavy (non-hydrogen) atoms. The van der Waals surface area contributed by atoms with Crippen molar-refractivity contribution in [3.8, 4) is 11.5 Å². The highest BCUT2D eigenvalue weighted by atomic mass is 16.7. The first-order valence-corrected chi connectivity index (χ1v) is 5.01. The molecule has 0 spiro atoms. The van der Waals surface area contributed by atoms with E-state index in [2.05, 4.69) is 6.07 Å². The molecular formula is C10H12BNO2. The summed E-state index contributed by atoms with van der Waals surface area (Å²) >= 11 is 0. The predicted octanol–water partition coefficient (Wildman–Crippen LogP) is -0.0487. The summed E-state index contributed by atoms with van der Waals surface area (Å²) in [6.45, 7) is 1.09. The van der Waals surface area contributed by atoms with Crippen molar-refractivity contribution >= 4 is 12.7 Å². The van der Waals surface area contributed by atoms with E-state index >= 15 is 0 Å². The minimum atomic E-state index is 0.360. The summed E-state index contributed by atoms with van der Waals surface area (Å²) in [5.74, 6) is 2.36. The van der Waals surface area contributed by atoms with Crippen molar-refractivity contribution in [3.63, 3.8) is 0 Å². The standard InChI is InChI=1S/C10H12BNO2/c12-4-6-3-11-9-7(6)1-2-8-10(9)14-5-13-8/h1-2,6,11H,3-5,12H2. The first kappa shape index (κ1) is 8.18. The lowest BCUT2D eigenvalue weighted by molar-refractivity contribution is 0.174. The molecule has 1 aromatic carbocycles. The van der Waals surface area contributed by atoms with Gasteiger partial charge < -0.3 is 15.2 Å². The lowest BCUT2D eigenvalue weighted by Gasteiger charge is -2.09. The Morgan fingerprint density at radius 1 is 1.43 bits per heavy atom. The summed E-state index contributed by atoms with van der Waals surface area (Å²) in [5, 5.41) is 0. The molecule has 0 amide bonds. The Morgan fingerprint density at radius 2 is 2.36 bits per heavy atom. The van der Waals surface area contributed by atoms with Crippen molar-refractivity contribution in [2.75, 3.05) is 13.3 Å². The van der Waals surface area contributed by atoms with Gasteiger partial charge in [0, 0.05) is 0 Å². The Labute approximate surface area is 83.4 Å². The van der Waals surface area contributed by atoms with E-state index in [0.29, 0.717) is 12.7 Å². The van der Waals surface area contributed by atoms with Crippen molar-refractivity contribution in [2.24, 2.45) is 5.73 Å². The lowest BCUT2D eigenvalue weighted by Crippen LogP contribution is -2.14. The molecule has 1 aromatic rings. The smallest absolute Gasteiger partial charge is 0.231 e. The van der Waals surface area contributed by atoms with Gasteiger partial charge in [-0.15, -0.1) is 0 Å². The second-order valence-electron chi connectivity index (χ2n) is 3.84. The number of ether oxygens (including phenoxy) is 2. The average molecular weight is 189 g/mol. The minimum Gasteiger partial charge on any atom is -0.454 e. The summed E-state index contributed by atoms with van der Waals surface area (Å²) in [6.07, 6.45) is 1.14. The fourth-order valence-electron chi connectivity index (χ4n) is 2.40. The van der Waals surface area contributed by atoms with Crippen LogP contribution >= 0.6 is 0 Å². The van der Waals surface area contributed by atoms with Crippen molar-refractivity contribution in [1.29, 1.82) is 0 Å². The molecule has 0 aromatic heterocycles. The quantitative estimate of drug-likeness (QED) is 0.630. The molecule has 2 heterocycles. The van der Waals surface area contributed by atoms with Gasteiger partial charge in [0.2, 0.25) is 6.79 Å². The Bertz CT molecular complexity index is 381. The average Bonchev–Trinajstić information content (AvgIpc) is 2.82. The maximum atomic E-state index is 5.72. The summed E-state index contributed by atoms with van der Waals surface area (Å²) in [4.78, 5) is 0. The first-order valence-electron chi connectivity index (χ1n) is 5.01. The van der Waals surface area contributed by atoms with E-state index < -0.39 is 0 Å². The van der Waals surface area contributed by atoms with Crippen LogP contribution in [0.3, 0.4) is 0 Å². The highest BCUT2D eigenvalue weighted by molar-refractivity contribution is 6.57. The highest BCUT2D eigenvalue weighted by Gasteiger charge is 2.29. The lowest BCUT2D eigenvalue weighted by atomic mass is 9.71. The van der Waals surface area contributed by atoms with Gasteiger partial charge in [-0.3, -0.25) is 0 Å². The molecule has 2 aliphatic rings. The number of fused-ring (bicyclic) bond motifs is 3. The summed E-state index contributed by atoms with van der Waals surface area (Å²) in [6, 6.07) is 4.13. The molecule has 0 radical (unpaired) electrons. The second-order valence-corrected chi connectivity index (χ2v) is 3.84. The largest absolute Gasteiger partial charge is 0.454 e. The van der Waals surface area contributed by atoms with E-state index in [-0.39, 0.29) is 0 Å². The molecule has 0 fully saturated rings. The van der Waals surface area contributed by atoms with Gasteiger partial charge in [-0.25, -0.2) is 0 Å². The van der Waals surface area contributed by atoms with Crippen LogP contribution in [0.4, 0.5) is 0 Å². The van der Waals surface area contributed by atoms with Gasteiger partial charge in [0.15, 0.2) is 18.8 Å². The molecule has 0 aliphatic carbocycles. The van der Waals surface area contributed by atoms with Crippen LogP contribution in [0.25, 0.3) is 0 Å². The highest BCUT2D eigenvalue weighted by Crippen LogP contribution is 2.36. The third-order valence-electron chi connectivity index (χ3n) is 3.15.